The normalized spacial score (nSPS) is 29.1. The summed E-state index contributed by atoms with van der Waals surface area (Å²) in [6.07, 6.45) is 5.43. The van der Waals surface area contributed by atoms with Gasteiger partial charge in [-0.05, 0) is 30.9 Å². The van der Waals surface area contributed by atoms with Crippen molar-refractivity contribution in [2.45, 2.75) is 25.7 Å². The number of likely N-dealkylation sites (tertiary alicyclic amines) is 1. The van der Waals surface area contributed by atoms with Crippen molar-refractivity contribution in [3.05, 3.63) is 24.2 Å². The number of amides is 1. The summed E-state index contributed by atoms with van der Waals surface area (Å²) in [6, 6.07) is 3.36. The van der Waals surface area contributed by atoms with Gasteiger partial charge in [0.2, 0.25) is 0 Å². The zero-order valence-corrected chi connectivity index (χ0v) is 11.6. The lowest BCUT2D eigenvalue weighted by Crippen LogP contribution is -2.42. The summed E-state index contributed by atoms with van der Waals surface area (Å²) in [5.41, 5.74) is -0.505. The van der Waals surface area contributed by atoms with Crippen LogP contribution in [0.25, 0.3) is 0 Å². The van der Waals surface area contributed by atoms with E-state index in [0.29, 0.717) is 18.8 Å². The van der Waals surface area contributed by atoms with E-state index in [2.05, 4.69) is 0 Å². The van der Waals surface area contributed by atoms with Gasteiger partial charge in [0.25, 0.3) is 5.91 Å². The molecule has 1 aromatic rings. The number of ether oxygens (including phenoxy) is 1. The van der Waals surface area contributed by atoms with Gasteiger partial charge in [-0.1, -0.05) is 12.8 Å². The molecule has 3 rings (SSSR count). The van der Waals surface area contributed by atoms with E-state index in [4.69, 9.17) is 9.15 Å². The molecule has 0 unspecified atom stereocenters. The highest BCUT2D eigenvalue weighted by Gasteiger charge is 2.54. The molecule has 2 atom stereocenters. The molecule has 5 nitrogen and oxygen atoms in total. The first-order valence-corrected chi connectivity index (χ1v) is 7.08. The number of carbonyl (C=O) groups is 2. The van der Waals surface area contributed by atoms with Crippen LogP contribution in [0.1, 0.15) is 36.2 Å². The van der Waals surface area contributed by atoms with Crippen molar-refractivity contribution >= 4 is 11.9 Å². The van der Waals surface area contributed by atoms with E-state index >= 15 is 0 Å². The Bertz CT molecular complexity index is 510. The molecule has 0 N–H and O–H groups in total. The second-order valence-electron chi connectivity index (χ2n) is 5.75. The zero-order valence-electron chi connectivity index (χ0n) is 11.6. The highest BCUT2D eigenvalue weighted by atomic mass is 16.5. The number of furan rings is 1. The van der Waals surface area contributed by atoms with Crippen LogP contribution in [-0.2, 0) is 9.53 Å². The van der Waals surface area contributed by atoms with Crippen molar-refractivity contribution < 1.29 is 18.7 Å². The highest BCUT2D eigenvalue weighted by Crippen LogP contribution is 2.47. The molecule has 20 heavy (non-hydrogen) atoms. The van der Waals surface area contributed by atoms with Gasteiger partial charge in [-0.3, -0.25) is 9.59 Å². The molecule has 0 spiro atoms. The summed E-state index contributed by atoms with van der Waals surface area (Å²) < 4.78 is 10.2. The van der Waals surface area contributed by atoms with Crippen molar-refractivity contribution in [1.29, 1.82) is 0 Å². The van der Waals surface area contributed by atoms with Gasteiger partial charge in [0.1, 0.15) is 0 Å². The second kappa shape index (κ2) is 4.96. The van der Waals surface area contributed by atoms with Gasteiger partial charge in [-0.2, -0.15) is 0 Å². The summed E-state index contributed by atoms with van der Waals surface area (Å²) in [5, 5.41) is 0. The van der Waals surface area contributed by atoms with Gasteiger partial charge < -0.3 is 14.1 Å². The minimum atomic E-state index is -0.505. The van der Waals surface area contributed by atoms with Crippen LogP contribution < -0.4 is 0 Å². The number of hydrogen-bond acceptors (Lipinski definition) is 4. The first-order chi connectivity index (χ1) is 9.67. The highest BCUT2D eigenvalue weighted by molar-refractivity contribution is 5.92. The van der Waals surface area contributed by atoms with Crippen LogP contribution in [0.15, 0.2) is 22.8 Å². The SMILES string of the molecule is COC(=O)[C@@]12CCCC[C@@H]1CN(C(=O)c1ccco1)C2. The molecule has 2 fully saturated rings. The largest absolute Gasteiger partial charge is 0.469 e. The number of fused-ring (bicyclic) bond motifs is 1. The van der Waals surface area contributed by atoms with E-state index in [1.54, 1.807) is 17.0 Å². The Morgan fingerprint density at radius 2 is 2.30 bits per heavy atom. The van der Waals surface area contributed by atoms with Gasteiger partial charge in [-0.15, -0.1) is 0 Å². The second-order valence-corrected chi connectivity index (χ2v) is 5.75. The number of esters is 1. The third-order valence-electron chi connectivity index (χ3n) is 4.73. The van der Waals surface area contributed by atoms with Gasteiger partial charge in [0.15, 0.2) is 5.76 Å². The molecule has 1 saturated heterocycles. The Hall–Kier alpha value is -1.78. The molecule has 108 valence electrons. The maximum absolute atomic E-state index is 12.4. The quantitative estimate of drug-likeness (QED) is 0.777. The summed E-state index contributed by atoms with van der Waals surface area (Å²) in [4.78, 5) is 26.4. The first-order valence-electron chi connectivity index (χ1n) is 7.08. The average molecular weight is 277 g/mol. The number of nitrogens with zero attached hydrogens (tertiary/aromatic N) is 1. The molecule has 1 aromatic heterocycles. The molecule has 1 saturated carbocycles. The molecule has 0 radical (unpaired) electrons. The lowest BCUT2D eigenvalue weighted by atomic mass is 9.68. The van der Waals surface area contributed by atoms with Gasteiger partial charge >= 0.3 is 5.97 Å². The van der Waals surface area contributed by atoms with E-state index in [1.165, 1.54) is 13.4 Å². The molecule has 1 amide bonds. The number of hydrogen-bond donors (Lipinski definition) is 0. The smallest absolute Gasteiger partial charge is 0.313 e. The molecule has 5 heteroatoms. The lowest BCUT2D eigenvalue weighted by Gasteiger charge is -2.35. The third-order valence-corrected chi connectivity index (χ3v) is 4.73. The number of rotatable bonds is 2. The van der Waals surface area contributed by atoms with Crippen molar-refractivity contribution in [3.63, 3.8) is 0 Å². The molecular weight excluding hydrogens is 258 g/mol. The molecule has 1 aliphatic heterocycles. The Kier molecular flexibility index (Phi) is 3.28. The van der Waals surface area contributed by atoms with Crippen molar-refractivity contribution in [1.82, 2.24) is 4.90 Å². The fraction of sp³-hybridized carbons (Fsp3) is 0.600. The third kappa shape index (κ3) is 1.92. The van der Waals surface area contributed by atoms with E-state index in [9.17, 15) is 9.59 Å². The van der Waals surface area contributed by atoms with Crippen LogP contribution in [0, 0.1) is 11.3 Å². The minimum absolute atomic E-state index is 0.132. The van der Waals surface area contributed by atoms with Crippen molar-refractivity contribution in [3.8, 4) is 0 Å². The molecule has 0 aromatic carbocycles. The van der Waals surface area contributed by atoms with Crippen molar-refractivity contribution in [2.24, 2.45) is 11.3 Å². The topological polar surface area (TPSA) is 59.8 Å². The Labute approximate surface area is 117 Å². The van der Waals surface area contributed by atoms with Crippen LogP contribution in [-0.4, -0.2) is 37.0 Å². The summed E-state index contributed by atoms with van der Waals surface area (Å²) in [6.45, 7) is 1.07. The maximum atomic E-state index is 12.4. The molecule has 2 heterocycles. The summed E-state index contributed by atoms with van der Waals surface area (Å²) in [7, 11) is 1.43. The Balaban J connectivity index is 1.84. The predicted octanol–water partition coefficient (Wildman–Crippen LogP) is 2.08. The molecule has 1 aliphatic carbocycles. The minimum Gasteiger partial charge on any atom is -0.469 e. The van der Waals surface area contributed by atoms with Crippen LogP contribution >= 0.6 is 0 Å². The van der Waals surface area contributed by atoms with Gasteiger partial charge in [0.05, 0.1) is 18.8 Å². The number of methoxy groups -OCH3 is 1. The zero-order chi connectivity index (χ0) is 14.2. The van der Waals surface area contributed by atoms with E-state index in [1.807, 2.05) is 0 Å². The van der Waals surface area contributed by atoms with Crippen LogP contribution in [0.4, 0.5) is 0 Å². The standard InChI is InChI=1S/C15H19NO4/c1-19-14(18)15-7-3-2-5-11(15)9-16(10-15)13(17)12-6-4-8-20-12/h4,6,8,11H,2-3,5,7,9-10H2,1H3/t11-,15-/m1/s1. The molecular formula is C15H19NO4. The summed E-state index contributed by atoms with van der Waals surface area (Å²) in [5.74, 6) is 0.246. The van der Waals surface area contributed by atoms with E-state index in [-0.39, 0.29) is 17.8 Å². The maximum Gasteiger partial charge on any atom is 0.313 e. The first kappa shape index (κ1) is 13.2. The lowest BCUT2D eigenvalue weighted by molar-refractivity contribution is -0.156. The van der Waals surface area contributed by atoms with Crippen molar-refractivity contribution in [2.75, 3.05) is 20.2 Å². The van der Waals surface area contributed by atoms with E-state index in [0.717, 1.165) is 25.7 Å². The van der Waals surface area contributed by atoms with Crippen LogP contribution in [0.5, 0.6) is 0 Å². The predicted molar refractivity (Wildman–Crippen MR) is 71.0 cm³/mol. The molecule has 2 aliphatic rings. The van der Waals surface area contributed by atoms with Crippen LogP contribution in [0.2, 0.25) is 0 Å². The molecule has 0 bridgehead atoms. The fourth-order valence-electron chi connectivity index (χ4n) is 3.70. The fourth-order valence-corrected chi connectivity index (χ4v) is 3.70. The Morgan fingerprint density at radius 1 is 1.45 bits per heavy atom. The summed E-state index contributed by atoms with van der Waals surface area (Å²) >= 11 is 0. The average Bonchev–Trinajstić information content (AvgIpc) is 3.13. The van der Waals surface area contributed by atoms with Crippen LogP contribution in [0.3, 0.4) is 0 Å². The van der Waals surface area contributed by atoms with E-state index < -0.39 is 5.41 Å². The van der Waals surface area contributed by atoms with Gasteiger partial charge in [0, 0.05) is 13.1 Å². The number of carbonyl (C=O) groups excluding carboxylic acids is 2. The van der Waals surface area contributed by atoms with Gasteiger partial charge in [-0.25, -0.2) is 0 Å². The Morgan fingerprint density at radius 3 is 3.00 bits per heavy atom. The monoisotopic (exact) mass is 277 g/mol.